The van der Waals surface area contributed by atoms with Gasteiger partial charge in [-0.05, 0) is 38.7 Å². The van der Waals surface area contributed by atoms with Crippen molar-refractivity contribution in [2.75, 3.05) is 43.6 Å². The van der Waals surface area contributed by atoms with Crippen molar-refractivity contribution in [3.05, 3.63) is 71.2 Å². The Balaban J connectivity index is 1.33. The quantitative estimate of drug-likeness (QED) is 0.346. The highest BCUT2D eigenvalue weighted by Crippen LogP contribution is 2.38. The van der Waals surface area contributed by atoms with Gasteiger partial charge in [0.2, 0.25) is 11.8 Å². The number of nitrogens with one attached hydrogen (secondary N) is 2. The van der Waals surface area contributed by atoms with Crippen molar-refractivity contribution in [1.82, 2.24) is 19.9 Å². The van der Waals surface area contributed by atoms with Gasteiger partial charge in [-0.1, -0.05) is 37.3 Å². The third kappa shape index (κ3) is 5.18. The van der Waals surface area contributed by atoms with Gasteiger partial charge in [0.05, 0.1) is 40.7 Å². The van der Waals surface area contributed by atoms with Gasteiger partial charge in [-0.2, -0.15) is 0 Å². The van der Waals surface area contributed by atoms with Crippen molar-refractivity contribution >= 4 is 29.3 Å². The minimum Gasteiger partial charge on any atom is -0.475 e. The summed E-state index contributed by atoms with van der Waals surface area (Å²) in [6.07, 6.45) is 5.77. The number of carbonyl (C=O) groups is 1. The molecule has 1 amide bonds. The lowest BCUT2D eigenvalue weighted by atomic mass is 9.92. The molecule has 11 nitrogen and oxygen atoms in total. The maximum atomic E-state index is 13.0. The average molecular weight is 572 g/mol. The Kier molecular flexibility index (Phi) is 7.54. The molecule has 2 aromatic heterocycles. The molecule has 0 bridgehead atoms. The summed E-state index contributed by atoms with van der Waals surface area (Å²) in [5.74, 6) is 1.32. The van der Waals surface area contributed by atoms with Crippen LogP contribution in [0.3, 0.4) is 0 Å². The van der Waals surface area contributed by atoms with Crippen LogP contribution in [0.2, 0.25) is 0 Å². The van der Waals surface area contributed by atoms with Gasteiger partial charge in [-0.3, -0.25) is 4.79 Å². The van der Waals surface area contributed by atoms with E-state index in [1.807, 2.05) is 55.1 Å². The molecule has 1 spiro atoms. The Bertz CT molecular complexity index is 1490. The van der Waals surface area contributed by atoms with Crippen LogP contribution in [0.25, 0.3) is 0 Å². The predicted molar refractivity (Wildman–Crippen MR) is 159 cm³/mol. The number of aliphatic hydroxyl groups is 1. The van der Waals surface area contributed by atoms with Crippen molar-refractivity contribution < 1.29 is 19.4 Å². The van der Waals surface area contributed by atoms with E-state index >= 15 is 0 Å². The molecule has 1 saturated heterocycles. The van der Waals surface area contributed by atoms with Crippen LogP contribution in [0.1, 0.15) is 73.3 Å². The molecule has 3 aliphatic rings. The van der Waals surface area contributed by atoms with Crippen LogP contribution in [0, 0.1) is 0 Å². The van der Waals surface area contributed by atoms with Gasteiger partial charge in [0.15, 0.2) is 0 Å². The molecule has 5 heterocycles. The molecule has 0 radical (unpaired) electrons. The molecule has 0 aliphatic carbocycles. The second-order valence-corrected chi connectivity index (χ2v) is 11.5. The van der Waals surface area contributed by atoms with Gasteiger partial charge >= 0.3 is 0 Å². The molecule has 220 valence electrons. The van der Waals surface area contributed by atoms with Crippen LogP contribution in [0.5, 0.6) is 0 Å². The van der Waals surface area contributed by atoms with Crippen molar-refractivity contribution in [2.45, 2.75) is 57.2 Å². The van der Waals surface area contributed by atoms with Crippen LogP contribution in [0.15, 0.2) is 53.8 Å². The normalized spacial score (nSPS) is 19.3. The zero-order valence-electron chi connectivity index (χ0n) is 24.3. The smallest absolute Gasteiger partial charge is 0.258 e. The number of fused-ring (bicyclic) bond motifs is 1. The Hall–Kier alpha value is -4.09. The maximum absolute atomic E-state index is 13.0. The first kappa shape index (κ1) is 28.0. The molecule has 0 saturated carbocycles. The molecule has 3 aromatic rings. The molecule has 11 heteroatoms. The summed E-state index contributed by atoms with van der Waals surface area (Å²) in [4.78, 5) is 33.7. The molecule has 3 aliphatic heterocycles. The van der Waals surface area contributed by atoms with Crippen LogP contribution in [0.4, 0.5) is 17.5 Å². The molecule has 6 rings (SSSR count). The fraction of sp³-hybridized carbons (Fsp3) is 0.452. The van der Waals surface area contributed by atoms with E-state index in [0.29, 0.717) is 66.5 Å². The predicted octanol–water partition coefficient (Wildman–Crippen LogP) is 4.19. The number of aliphatic imine (C=N–C) groups is 1. The number of nitrogens with zero attached hydrogens (tertiary/aromatic N) is 5. The number of pyridine rings is 1. The summed E-state index contributed by atoms with van der Waals surface area (Å²) in [5.41, 5.74) is 2.72. The third-order valence-electron chi connectivity index (χ3n) is 8.29. The lowest BCUT2D eigenvalue weighted by Gasteiger charge is -2.31. The first-order valence-corrected chi connectivity index (χ1v) is 14.5. The first-order chi connectivity index (χ1) is 20.3. The van der Waals surface area contributed by atoms with Crippen LogP contribution >= 0.6 is 0 Å². The van der Waals surface area contributed by atoms with E-state index in [1.165, 1.54) is 0 Å². The van der Waals surface area contributed by atoms with E-state index in [0.717, 1.165) is 24.8 Å². The third-order valence-corrected chi connectivity index (χ3v) is 8.29. The number of ether oxygens (including phenoxy) is 2. The van der Waals surface area contributed by atoms with E-state index in [2.05, 4.69) is 27.5 Å². The van der Waals surface area contributed by atoms with Gasteiger partial charge in [0, 0.05) is 38.2 Å². The van der Waals surface area contributed by atoms with Gasteiger partial charge < -0.3 is 30.1 Å². The highest BCUT2D eigenvalue weighted by molar-refractivity contribution is 6.01. The number of carbonyl (C=O) groups excluding carboxylic acids is 1. The molecule has 1 aromatic carbocycles. The summed E-state index contributed by atoms with van der Waals surface area (Å²) in [6, 6.07) is 11.2. The largest absolute Gasteiger partial charge is 0.475 e. The Labute approximate surface area is 245 Å². The number of anilines is 3. The van der Waals surface area contributed by atoms with Crippen molar-refractivity contribution in [1.29, 1.82) is 0 Å². The summed E-state index contributed by atoms with van der Waals surface area (Å²) in [5, 5.41) is 17.0. The van der Waals surface area contributed by atoms with E-state index in [9.17, 15) is 9.90 Å². The topological polar surface area (TPSA) is 134 Å². The monoisotopic (exact) mass is 571 g/mol. The molecule has 1 atom stereocenters. The minimum absolute atomic E-state index is 0.0482. The highest BCUT2D eigenvalue weighted by atomic mass is 16.5. The zero-order valence-corrected chi connectivity index (χ0v) is 24.3. The van der Waals surface area contributed by atoms with Gasteiger partial charge in [0.1, 0.15) is 18.0 Å². The second kappa shape index (κ2) is 11.3. The minimum atomic E-state index is -0.548. The molecular formula is C31H37N7O4. The lowest BCUT2D eigenvalue weighted by molar-refractivity contribution is 0.0442. The van der Waals surface area contributed by atoms with E-state index in [1.54, 1.807) is 12.4 Å². The number of hydrogen-bond donors (Lipinski definition) is 3. The van der Waals surface area contributed by atoms with Crippen molar-refractivity contribution in [3.8, 4) is 0 Å². The van der Waals surface area contributed by atoms with Gasteiger partial charge in [0.25, 0.3) is 5.91 Å². The van der Waals surface area contributed by atoms with Crippen LogP contribution in [-0.4, -0.2) is 75.3 Å². The maximum Gasteiger partial charge on any atom is 0.258 e. The second-order valence-electron chi connectivity index (χ2n) is 11.5. The van der Waals surface area contributed by atoms with E-state index < -0.39 is 5.54 Å². The summed E-state index contributed by atoms with van der Waals surface area (Å²) < 4.78 is 11.7. The molecule has 0 unspecified atom stereocenters. The van der Waals surface area contributed by atoms with Crippen molar-refractivity contribution in [3.63, 3.8) is 0 Å². The van der Waals surface area contributed by atoms with Gasteiger partial charge in [-0.15, -0.1) is 0 Å². The van der Waals surface area contributed by atoms with Crippen LogP contribution in [-0.2, 0) is 15.0 Å². The van der Waals surface area contributed by atoms with E-state index in [-0.39, 0.29) is 24.1 Å². The highest BCUT2D eigenvalue weighted by Gasteiger charge is 2.44. The Morgan fingerprint density at radius 1 is 1.10 bits per heavy atom. The number of benzene rings is 1. The van der Waals surface area contributed by atoms with Crippen LogP contribution < -0.4 is 10.6 Å². The molecule has 42 heavy (non-hydrogen) atoms. The summed E-state index contributed by atoms with van der Waals surface area (Å²) >= 11 is 0. The summed E-state index contributed by atoms with van der Waals surface area (Å²) in [6.45, 7) is 8.41. The lowest BCUT2D eigenvalue weighted by Crippen LogP contribution is -2.39. The first-order valence-electron chi connectivity index (χ1n) is 14.5. The number of amides is 1. The van der Waals surface area contributed by atoms with Gasteiger partial charge in [-0.25, -0.2) is 19.9 Å². The fourth-order valence-corrected chi connectivity index (χ4v) is 5.86. The molecule has 3 N–H and O–H groups in total. The fourth-order valence-electron chi connectivity index (χ4n) is 5.86. The van der Waals surface area contributed by atoms with E-state index in [4.69, 9.17) is 19.5 Å². The molecule has 1 fully saturated rings. The number of hydrogen-bond acceptors (Lipinski definition) is 10. The summed E-state index contributed by atoms with van der Waals surface area (Å²) in [7, 11) is 0. The number of aromatic nitrogens is 3. The number of aliphatic hydroxyl groups excluding tert-OH is 1. The standard InChI is InChI=1S/C31H37N7O4/c1-4-12-38-28(40)22-17-33-29(36-26(22)30(38,2)3)35-25-15-23(34-24(18-39)20-8-6-5-7-9-20)21(16-32-25)27-37-31(19-42-27)10-13-41-14-11-31/h5-9,15-17,24,39H,4,10-14,18-19H2,1-3H3,(H2,32,33,34,35,36)/t24-/m1/s1. The Morgan fingerprint density at radius 3 is 2.60 bits per heavy atom. The number of rotatable bonds is 9. The zero-order chi connectivity index (χ0) is 29.3. The average Bonchev–Trinajstić information content (AvgIpc) is 3.48. The van der Waals surface area contributed by atoms with Crippen molar-refractivity contribution in [2.24, 2.45) is 4.99 Å². The Morgan fingerprint density at radius 2 is 1.86 bits per heavy atom. The molecular weight excluding hydrogens is 534 g/mol. The SMILES string of the molecule is CCCN1C(=O)c2cnc(Nc3cc(N[C@H](CO)c4ccccc4)c(C4=NC5(CCOCC5)CO4)cn3)nc2C1(C)C.